The molecule has 9 aromatic rings. The number of hydrogen-bond donors (Lipinski definition) is 0. The first-order chi connectivity index (χ1) is 19.3. The zero-order valence-electron chi connectivity index (χ0n) is 20.6. The first-order valence-corrected chi connectivity index (χ1v) is 13.7. The molecule has 9 rings (SSSR count). The second kappa shape index (κ2) is 7.76. The van der Waals surface area contributed by atoms with Crippen molar-refractivity contribution in [2.24, 2.45) is 0 Å². The third-order valence-corrected chi connectivity index (χ3v) is 8.78. The Balaban J connectivity index is 1.44. The molecule has 182 valence electrons. The number of furan rings is 1. The lowest BCUT2D eigenvalue weighted by Crippen LogP contribution is -2.02. The molecule has 39 heavy (non-hydrogen) atoms. The number of fused-ring (bicyclic) bond motifs is 9. The van der Waals surface area contributed by atoms with Crippen LogP contribution in [0.4, 0.5) is 0 Å². The van der Waals surface area contributed by atoms with Crippen LogP contribution in [-0.2, 0) is 0 Å². The number of aromatic nitrogens is 3. The predicted octanol–water partition coefficient (Wildman–Crippen LogP) is 9.51. The largest absolute Gasteiger partial charge is 0.456 e. The molecular weight excluding hydrogens is 498 g/mol. The third-order valence-electron chi connectivity index (χ3n) is 7.63. The molecular formula is C34H19N3OS. The van der Waals surface area contributed by atoms with Crippen LogP contribution in [0.5, 0.6) is 0 Å². The lowest BCUT2D eigenvalue weighted by Gasteiger charge is -2.10. The number of nitrogens with zero attached hydrogens (tertiary/aromatic N) is 3. The number of para-hydroxylation sites is 3. The minimum Gasteiger partial charge on any atom is -0.456 e. The SMILES string of the molecule is c1ccc(-c2nc(-n3c4ccccc4c4ccccc43)nc3c2sc2cc4c(cc23)oc2ccccc24)cc1. The van der Waals surface area contributed by atoms with E-state index in [4.69, 9.17) is 14.4 Å². The molecule has 5 aromatic carbocycles. The Morgan fingerprint density at radius 2 is 1.23 bits per heavy atom. The number of hydrogen-bond acceptors (Lipinski definition) is 4. The van der Waals surface area contributed by atoms with Crippen LogP contribution in [-0.4, -0.2) is 14.5 Å². The van der Waals surface area contributed by atoms with Crippen molar-refractivity contribution in [2.75, 3.05) is 0 Å². The number of thiophene rings is 1. The van der Waals surface area contributed by atoms with Crippen molar-refractivity contribution in [1.82, 2.24) is 14.5 Å². The summed E-state index contributed by atoms with van der Waals surface area (Å²) in [6.45, 7) is 0. The van der Waals surface area contributed by atoms with Gasteiger partial charge in [-0.1, -0.05) is 84.9 Å². The lowest BCUT2D eigenvalue weighted by atomic mass is 10.1. The fourth-order valence-corrected chi connectivity index (χ4v) is 7.05. The van der Waals surface area contributed by atoms with Gasteiger partial charge in [-0.15, -0.1) is 11.3 Å². The molecule has 0 aliphatic carbocycles. The van der Waals surface area contributed by atoms with Gasteiger partial charge in [0.2, 0.25) is 5.95 Å². The van der Waals surface area contributed by atoms with E-state index in [9.17, 15) is 0 Å². The van der Waals surface area contributed by atoms with Crippen molar-refractivity contribution in [3.8, 4) is 17.2 Å². The fourth-order valence-electron chi connectivity index (χ4n) is 5.88. The van der Waals surface area contributed by atoms with Crippen LogP contribution < -0.4 is 0 Å². The molecule has 0 aliphatic heterocycles. The van der Waals surface area contributed by atoms with Crippen molar-refractivity contribution in [3.05, 3.63) is 115 Å². The summed E-state index contributed by atoms with van der Waals surface area (Å²) >= 11 is 1.75. The second-order valence-corrected chi connectivity index (χ2v) is 10.9. The summed E-state index contributed by atoms with van der Waals surface area (Å²) in [7, 11) is 0. The molecule has 0 saturated carbocycles. The molecule has 0 N–H and O–H groups in total. The van der Waals surface area contributed by atoms with E-state index in [-0.39, 0.29) is 0 Å². The van der Waals surface area contributed by atoms with Gasteiger partial charge in [0.05, 0.1) is 26.9 Å². The Morgan fingerprint density at radius 1 is 0.564 bits per heavy atom. The van der Waals surface area contributed by atoms with Gasteiger partial charge in [0, 0.05) is 37.2 Å². The zero-order valence-corrected chi connectivity index (χ0v) is 21.4. The molecule has 0 saturated heterocycles. The van der Waals surface area contributed by atoms with Crippen molar-refractivity contribution in [1.29, 1.82) is 0 Å². The Labute approximate surface area is 226 Å². The van der Waals surface area contributed by atoms with E-state index in [1.807, 2.05) is 18.2 Å². The molecule has 0 unspecified atom stereocenters. The number of rotatable bonds is 2. The average molecular weight is 518 g/mol. The van der Waals surface area contributed by atoms with Crippen LogP contribution in [0.25, 0.3) is 81.3 Å². The van der Waals surface area contributed by atoms with E-state index in [0.717, 1.165) is 59.8 Å². The smallest absolute Gasteiger partial charge is 0.235 e. The molecule has 0 radical (unpaired) electrons. The maximum absolute atomic E-state index is 6.27. The monoisotopic (exact) mass is 517 g/mol. The second-order valence-electron chi connectivity index (χ2n) is 9.83. The summed E-state index contributed by atoms with van der Waals surface area (Å²) in [5.74, 6) is 0.670. The first kappa shape index (κ1) is 21.0. The Morgan fingerprint density at radius 3 is 2.00 bits per heavy atom. The van der Waals surface area contributed by atoms with Gasteiger partial charge in [-0.05, 0) is 30.3 Å². The summed E-state index contributed by atoms with van der Waals surface area (Å²) in [6, 6.07) is 40.0. The molecule has 0 aliphatic rings. The maximum atomic E-state index is 6.27. The van der Waals surface area contributed by atoms with E-state index in [1.165, 1.54) is 15.5 Å². The van der Waals surface area contributed by atoms with Gasteiger partial charge in [0.25, 0.3) is 0 Å². The van der Waals surface area contributed by atoms with Crippen molar-refractivity contribution in [2.45, 2.75) is 0 Å². The Kier molecular flexibility index (Phi) is 4.18. The van der Waals surface area contributed by atoms with Crippen molar-refractivity contribution in [3.63, 3.8) is 0 Å². The Bertz CT molecular complexity index is 2340. The highest BCUT2D eigenvalue weighted by atomic mass is 32.1. The molecule has 0 amide bonds. The summed E-state index contributed by atoms with van der Waals surface area (Å²) in [4.78, 5) is 10.5. The van der Waals surface area contributed by atoms with Crippen LogP contribution >= 0.6 is 11.3 Å². The van der Waals surface area contributed by atoms with Crippen LogP contribution in [0.15, 0.2) is 120 Å². The maximum Gasteiger partial charge on any atom is 0.235 e. The molecule has 0 fully saturated rings. The van der Waals surface area contributed by atoms with E-state index in [0.29, 0.717) is 5.95 Å². The van der Waals surface area contributed by atoms with Gasteiger partial charge >= 0.3 is 0 Å². The van der Waals surface area contributed by atoms with E-state index >= 15 is 0 Å². The highest BCUT2D eigenvalue weighted by Crippen LogP contribution is 2.42. The predicted molar refractivity (Wildman–Crippen MR) is 162 cm³/mol. The summed E-state index contributed by atoms with van der Waals surface area (Å²) in [5.41, 5.74) is 6.94. The van der Waals surface area contributed by atoms with E-state index < -0.39 is 0 Å². The average Bonchev–Trinajstić information content (AvgIpc) is 3.65. The molecule has 4 nitrogen and oxygen atoms in total. The molecule has 4 heterocycles. The van der Waals surface area contributed by atoms with Crippen molar-refractivity contribution >= 4 is 75.4 Å². The van der Waals surface area contributed by atoms with E-state index in [2.05, 4.69) is 102 Å². The zero-order chi connectivity index (χ0) is 25.5. The normalized spacial score (nSPS) is 12.1. The van der Waals surface area contributed by atoms with Crippen LogP contribution in [0.2, 0.25) is 0 Å². The quantitative estimate of drug-likeness (QED) is 0.229. The first-order valence-electron chi connectivity index (χ1n) is 12.9. The van der Waals surface area contributed by atoms with Gasteiger partial charge in [-0.3, -0.25) is 4.57 Å². The number of benzene rings is 5. The molecule has 0 bridgehead atoms. The van der Waals surface area contributed by atoms with Crippen LogP contribution in [0, 0.1) is 0 Å². The summed E-state index contributed by atoms with van der Waals surface area (Å²) in [5, 5.41) is 5.73. The minimum atomic E-state index is 0.670. The van der Waals surface area contributed by atoms with Gasteiger partial charge in [0.1, 0.15) is 11.2 Å². The standard InChI is InChI=1S/C34H19N3OS/c1-2-10-20(11-3-1)31-33-32(25-18-29-24(19-30(25)39-33)23-14-6-9-17-28(23)38-29)36-34(35-31)37-26-15-7-4-12-21(26)22-13-5-8-16-27(22)37/h1-19H. The minimum absolute atomic E-state index is 0.670. The van der Waals surface area contributed by atoms with Gasteiger partial charge in [0.15, 0.2) is 0 Å². The summed E-state index contributed by atoms with van der Waals surface area (Å²) < 4.78 is 10.7. The fraction of sp³-hybridized carbons (Fsp3) is 0. The van der Waals surface area contributed by atoms with Gasteiger partial charge in [-0.2, -0.15) is 0 Å². The van der Waals surface area contributed by atoms with Crippen molar-refractivity contribution < 1.29 is 4.42 Å². The third kappa shape index (κ3) is 2.93. The molecule has 0 spiro atoms. The van der Waals surface area contributed by atoms with E-state index in [1.54, 1.807) is 11.3 Å². The topological polar surface area (TPSA) is 43.9 Å². The Hall–Kier alpha value is -5.00. The highest BCUT2D eigenvalue weighted by molar-refractivity contribution is 7.26. The van der Waals surface area contributed by atoms with Crippen LogP contribution in [0.3, 0.4) is 0 Å². The molecule has 4 aromatic heterocycles. The molecule has 0 atom stereocenters. The van der Waals surface area contributed by atoms with Gasteiger partial charge in [-0.25, -0.2) is 9.97 Å². The highest BCUT2D eigenvalue weighted by Gasteiger charge is 2.20. The molecule has 5 heteroatoms. The summed E-state index contributed by atoms with van der Waals surface area (Å²) in [6.07, 6.45) is 0. The van der Waals surface area contributed by atoms with Crippen LogP contribution in [0.1, 0.15) is 0 Å². The lowest BCUT2D eigenvalue weighted by molar-refractivity contribution is 0.669. The van der Waals surface area contributed by atoms with Gasteiger partial charge < -0.3 is 4.42 Å².